The van der Waals surface area contributed by atoms with E-state index < -0.39 is 185 Å². The van der Waals surface area contributed by atoms with E-state index in [2.05, 4.69) is 5.32 Å². The summed E-state index contributed by atoms with van der Waals surface area (Å²) in [7, 11) is 1.12. The lowest BCUT2D eigenvalue weighted by atomic mass is 9.95. The lowest BCUT2D eigenvalue weighted by Gasteiger charge is -2.49. The molecule has 0 aromatic rings. The van der Waals surface area contributed by atoms with Crippen molar-refractivity contribution in [2.45, 2.75) is 160 Å². The Bertz CT molecular complexity index is 1350. The summed E-state index contributed by atoms with van der Waals surface area (Å²) in [6.45, 7) is -2.04. The summed E-state index contributed by atoms with van der Waals surface area (Å²) in [6.07, 6.45) is -39.4. The van der Waals surface area contributed by atoms with Crippen LogP contribution < -0.4 is 5.32 Å². The van der Waals surface area contributed by atoms with Crippen LogP contribution in [0.3, 0.4) is 0 Å². The van der Waals surface area contributed by atoms with E-state index >= 15 is 0 Å². The molecule has 16 N–H and O–H groups in total. The van der Waals surface area contributed by atoms with Crippen LogP contribution in [0, 0.1) is 0 Å². The molecule has 0 aromatic heterocycles. The maximum Gasteiger partial charge on any atom is 0.217 e. The van der Waals surface area contributed by atoms with Crippen molar-refractivity contribution in [1.82, 2.24) is 5.32 Å². The molecule has 0 aliphatic carbocycles. The highest BCUT2D eigenvalue weighted by molar-refractivity contribution is 7.99. The quantitative estimate of drug-likeness (QED) is 0.0725. The Balaban J connectivity index is 1.30. The molecule has 5 aliphatic heterocycles. The number of aliphatic hydroxyl groups excluding tert-OH is 15. The fourth-order valence-electron chi connectivity index (χ4n) is 7.38. The number of thioether (sulfide) groups is 1. The molecule has 5 heterocycles. The molecule has 5 aliphatic rings. The van der Waals surface area contributed by atoms with Crippen molar-refractivity contribution < 1.29 is 124 Å². The maximum atomic E-state index is 12.0. The first kappa shape index (κ1) is 49.9. The fraction of sp³-hybridized carbons (Fsp3) is 0.970. The Morgan fingerprint density at radius 2 is 1.02 bits per heavy atom. The van der Waals surface area contributed by atoms with Crippen molar-refractivity contribution >= 4 is 17.7 Å². The summed E-state index contributed by atoms with van der Waals surface area (Å²) in [5, 5.41) is 160. The van der Waals surface area contributed by atoms with Crippen molar-refractivity contribution in [3.8, 4) is 0 Å². The highest BCUT2D eigenvalue weighted by Crippen LogP contribution is 2.35. The highest BCUT2D eigenvalue weighted by atomic mass is 32.2. The van der Waals surface area contributed by atoms with E-state index in [9.17, 15) is 81.4 Å². The van der Waals surface area contributed by atoms with Gasteiger partial charge in [0.2, 0.25) is 5.91 Å². The zero-order chi connectivity index (χ0) is 44.3. The number of carbonyl (C=O) groups is 1. The van der Waals surface area contributed by atoms with Gasteiger partial charge in [-0.15, -0.1) is 11.8 Å². The predicted molar refractivity (Wildman–Crippen MR) is 189 cm³/mol. The van der Waals surface area contributed by atoms with Crippen molar-refractivity contribution in [2.24, 2.45) is 0 Å². The molecular weight excluding hydrogens is 842 g/mol. The van der Waals surface area contributed by atoms with Gasteiger partial charge in [0.1, 0.15) is 121 Å². The average molecular weight is 900 g/mol. The SMILES string of the molecule is CO[C@@H]1O[C@H](CO[C@H]2O[C@H](CS[C@H]3O[C@H](CO)[C@@H](O)[C@H](O)[C@@H]3O)[C@@H](O)[C@H](O)[C@@H]2O)[C@@H](O)[C@H](O[C@H]2O[C@H](CO)[C@@H](O)[C@H](O)[C@@H]2O[C@@H]2O[C@H](CO)[C@@H](O)[C@H](O)[C@H]2NC(C)=O)[C@@H]1O. The Labute approximate surface area is 345 Å². The lowest BCUT2D eigenvalue weighted by Crippen LogP contribution is -2.68. The zero-order valence-electron chi connectivity index (χ0n) is 32.2. The predicted octanol–water partition coefficient (Wildman–Crippen LogP) is -10.4. The van der Waals surface area contributed by atoms with Crippen LogP contribution in [0.25, 0.3) is 0 Å². The van der Waals surface area contributed by atoms with Gasteiger partial charge in [0.25, 0.3) is 0 Å². The van der Waals surface area contributed by atoms with Crippen LogP contribution in [-0.2, 0) is 47.4 Å². The van der Waals surface area contributed by atoms with Gasteiger partial charge in [0.05, 0.1) is 32.5 Å². The summed E-state index contributed by atoms with van der Waals surface area (Å²) in [6, 6.07) is -1.54. The molecule has 1 amide bonds. The van der Waals surface area contributed by atoms with Gasteiger partial charge in [0, 0.05) is 19.8 Å². The number of ether oxygens (including phenoxy) is 9. The molecule has 0 radical (unpaired) electrons. The minimum absolute atomic E-state index is 0.262. The standard InChI is InChI=1S/C33H57NO25S/c1-8(38)34-14-20(44)15(39)9(3-35)53-29(14)59-28-23(47)17(41)10(4-36)54-32(28)58-27-19(43)12(55-30(51-2)26(27)50)6-52-31-24(48)21(45)18(42)13(56-31)7-60-33-25(49)22(46)16(40)11(5-37)57-33/h9-33,35-37,39-50H,3-7H2,1-2H3,(H,34,38)/t9-,10-,11-,12-,13-,14-,15-,16-,17-,18-,19-,20-,21+,22+,23+,24+,25+,26+,27+,28+,29+,30-,31+,32-,33-/m1/s1. The van der Waals surface area contributed by atoms with Crippen LogP contribution in [0.4, 0.5) is 0 Å². The highest BCUT2D eigenvalue weighted by Gasteiger charge is 2.55. The van der Waals surface area contributed by atoms with Crippen molar-refractivity contribution in [3.05, 3.63) is 0 Å². The molecule has 26 nitrogen and oxygen atoms in total. The monoisotopic (exact) mass is 899 g/mol. The van der Waals surface area contributed by atoms with E-state index in [-0.39, 0.29) is 5.75 Å². The molecule has 0 aromatic carbocycles. The second-order valence-electron chi connectivity index (χ2n) is 15.0. The van der Waals surface area contributed by atoms with Crippen LogP contribution in [0.15, 0.2) is 0 Å². The van der Waals surface area contributed by atoms with Gasteiger partial charge in [-0.1, -0.05) is 0 Å². The zero-order valence-corrected chi connectivity index (χ0v) is 33.0. The van der Waals surface area contributed by atoms with E-state index in [1.807, 2.05) is 0 Å². The maximum absolute atomic E-state index is 12.0. The third kappa shape index (κ3) is 10.7. The summed E-state index contributed by atoms with van der Waals surface area (Å²) < 4.78 is 50.8. The second kappa shape index (κ2) is 21.7. The van der Waals surface area contributed by atoms with Gasteiger partial charge in [-0.05, 0) is 0 Å². The smallest absolute Gasteiger partial charge is 0.217 e. The normalized spacial score (nSPS) is 50.3. The molecule has 0 bridgehead atoms. The second-order valence-corrected chi connectivity index (χ2v) is 16.1. The largest absolute Gasteiger partial charge is 0.394 e. The summed E-state index contributed by atoms with van der Waals surface area (Å²) in [5.74, 6) is -0.979. The number of hydrogen-bond acceptors (Lipinski definition) is 26. The molecule has 350 valence electrons. The van der Waals surface area contributed by atoms with Crippen LogP contribution in [0.1, 0.15) is 6.92 Å². The molecule has 5 saturated heterocycles. The summed E-state index contributed by atoms with van der Waals surface area (Å²) in [4.78, 5) is 12.0. The number of methoxy groups -OCH3 is 1. The van der Waals surface area contributed by atoms with E-state index in [0.29, 0.717) is 0 Å². The number of aliphatic hydroxyl groups is 15. The van der Waals surface area contributed by atoms with E-state index in [0.717, 1.165) is 25.8 Å². The molecular formula is C33H57NO25S. The summed E-state index contributed by atoms with van der Waals surface area (Å²) in [5.41, 5.74) is -1.24. The first-order chi connectivity index (χ1) is 28.4. The summed E-state index contributed by atoms with van der Waals surface area (Å²) >= 11 is 0.784. The van der Waals surface area contributed by atoms with Gasteiger partial charge < -0.3 is 125 Å². The topological polar surface area (TPSA) is 416 Å². The van der Waals surface area contributed by atoms with Crippen LogP contribution in [-0.4, -0.2) is 274 Å². The van der Waals surface area contributed by atoms with Gasteiger partial charge in [0.15, 0.2) is 25.2 Å². The molecule has 0 saturated carbocycles. The third-order valence-electron chi connectivity index (χ3n) is 10.9. The minimum Gasteiger partial charge on any atom is -0.394 e. The Kier molecular flexibility index (Phi) is 18.0. The molecule has 60 heavy (non-hydrogen) atoms. The van der Waals surface area contributed by atoms with Gasteiger partial charge in [-0.3, -0.25) is 4.79 Å². The number of carbonyl (C=O) groups excluding carboxylic acids is 1. The first-order valence-corrected chi connectivity index (χ1v) is 20.0. The first-order valence-electron chi connectivity index (χ1n) is 19.0. The molecule has 5 fully saturated rings. The van der Waals surface area contributed by atoms with Crippen molar-refractivity contribution in [3.63, 3.8) is 0 Å². The molecule has 27 heteroatoms. The van der Waals surface area contributed by atoms with Crippen LogP contribution >= 0.6 is 11.8 Å². The Morgan fingerprint density at radius 1 is 0.517 bits per heavy atom. The molecule has 0 unspecified atom stereocenters. The van der Waals surface area contributed by atoms with Crippen LogP contribution in [0.2, 0.25) is 0 Å². The number of nitrogens with one attached hydrogen (secondary N) is 1. The van der Waals surface area contributed by atoms with E-state index in [1.54, 1.807) is 0 Å². The number of rotatable bonds is 15. The Morgan fingerprint density at radius 3 is 1.62 bits per heavy atom. The van der Waals surface area contributed by atoms with Gasteiger partial charge >= 0.3 is 0 Å². The van der Waals surface area contributed by atoms with Crippen molar-refractivity contribution in [1.29, 1.82) is 0 Å². The molecule has 0 spiro atoms. The van der Waals surface area contributed by atoms with Crippen molar-refractivity contribution in [2.75, 3.05) is 39.3 Å². The number of amides is 1. The third-order valence-corrected chi connectivity index (χ3v) is 12.1. The molecule has 25 atom stereocenters. The average Bonchev–Trinajstić information content (AvgIpc) is 3.22. The van der Waals surface area contributed by atoms with E-state index in [1.165, 1.54) is 0 Å². The van der Waals surface area contributed by atoms with Gasteiger partial charge in [-0.2, -0.15) is 0 Å². The minimum atomic E-state index is -2.00. The molecule has 5 rings (SSSR count). The van der Waals surface area contributed by atoms with Crippen LogP contribution in [0.5, 0.6) is 0 Å². The Hall–Kier alpha value is -1.14. The lowest BCUT2D eigenvalue weighted by molar-refractivity contribution is -0.384. The number of hydrogen-bond donors (Lipinski definition) is 16. The van der Waals surface area contributed by atoms with E-state index in [4.69, 9.17) is 42.6 Å². The van der Waals surface area contributed by atoms with Gasteiger partial charge in [-0.25, -0.2) is 0 Å². The fourth-order valence-corrected chi connectivity index (χ4v) is 8.61.